The molecule has 3 nitrogen and oxygen atoms in total. The number of carbonyl (C=O) groups excluding carboxylic acids is 1. The molecule has 0 radical (unpaired) electrons. The Morgan fingerprint density at radius 3 is 2.76 bits per heavy atom. The number of nitrogens with one attached hydrogen (secondary N) is 1. The summed E-state index contributed by atoms with van der Waals surface area (Å²) in [5, 5.41) is 3.21. The highest BCUT2D eigenvalue weighted by Gasteiger charge is 2.43. The lowest BCUT2D eigenvalue weighted by Gasteiger charge is -2.34. The van der Waals surface area contributed by atoms with Gasteiger partial charge >= 0.3 is 0 Å². The number of benzene rings is 2. The summed E-state index contributed by atoms with van der Waals surface area (Å²) >= 11 is 0. The number of likely N-dealkylation sites (N-methyl/N-ethyl adjacent to an activating group) is 1. The molecule has 0 bridgehead atoms. The fraction of sp³-hybridized carbons (Fsp3) is 0.409. The van der Waals surface area contributed by atoms with Gasteiger partial charge in [0.1, 0.15) is 0 Å². The Bertz CT molecular complexity index is 771. The van der Waals surface area contributed by atoms with Crippen molar-refractivity contribution >= 4 is 5.91 Å². The molecule has 1 amide bonds. The monoisotopic (exact) mass is 334 g/mol. The van der Waals surface area contributed by atoms with Gasteiger partial charge in [-0.05, 0) is 49.4 Å². The van der Waals surface area contributed by atoms with Gasteiger partial charge in [0.25, 0.3) is 0 Å². The zero-order valence-electron chi connectivity index (χ0n) is 15.0. The van der Waals surface area contributed by atoms with Crippen molar-refractivity contribution in [1.82, 2.24) is 10.2 Å². The predicted octanol–water partition coefficient (Wildman–Crippen LogP) is 3.27. The molecular formula is C22H26N2O. The maximum absolute atomic E-state index is 12.5. The summed E-state index contributed by atoms with van der Waals surface area (Å²) in [4.78, 5) is 14.9. The number of hydrogen-bond acceptors (Lipinski definition) is 2. The minimum atomic E-state index is 0.158. The molecule has 3 atom stereocenters. The molecule has 130 valence electrons. The average molecular weight is 334 g/mol. The Labute approximate surface area is 150 Å². The standard InChI is InChI=1S/C22H26N2O/c1-15-8-9-17-14-24(2)19(11-18(17)10-15)13-23-22(25)21-12-20(21)16-6-4-3-5-7-16/h3-10,19-21H,11-14H2,1-2H3,(H,23,25)/t19-,20+,21-/m1/s1. The van der Waals surface area contributed by atoms with E-state index < -0.39 is 0 Å². The first kappa shape index (κ1) is 16.3. The predicted molar refractivity (Wildman–Crippen MR) is 100 cm³/mol. The molecule has 0 spiro atoms. The molecule has 1 fully saturated rings. The van der Waals surface area contributed by atoms with E-state index in [0.717, 1.165) is 25.9 Å². The smallest absolute Gasteiger partial charge is 0.223 e. The average Bonchev–Trinajstić information content (AvgIpc) is 3.42. The quantitative estimate of drug-likeness (QED) is 0.931. The number of carbonyl (C=O) groups is 1. The van der Waals surface area contributed by atoms with Crippen LogP contribution in [0.2, 0.25) is 0 Å². The van der Waals surface area contributed by atoms with Crippen LogP contribution in [0.25, 0.3) is 0 Å². The normalized spacial score (nSPS) is 25.3. The summed E-state index contributed by atoms with van der Waals surface area (Å²) in [5.74, 6) is 0.789. The molecule has 1 aliphatic heterocycles. The van der Waals surface area contributed by atoms with E-state index in [-0.39, 0.29) is 11.8 Å². The van der Waals surface area contributed by atoms with Gasteiger partial charge in [0.2, 0.25) is 5.91 Å². The van der Waals surface area contributed by atoms with Gasteiger partial charge in [0.05, 0.1) is 0 Å². The van der Waals surface area contributed by atoms with Crippen LogP contribution in [0.15, 0.2) is 48.5 Å². The van der Waals surface area contributed by atoms with Crippen molar-refractivity contribution in [2.24, 2.45) is 5.92 Å². The lowest BCUT2D eigenvalue weighted by molar-refractivity contribution is -0.122. The van der Waals surface area contributed by atoms with E-state index in [9.17, 15) is 4.79 Å². The third-order valence-electron chi connectivity index (χ3n) is 5.73. The SMILES string of the molecule is Cc1ccc2c(c1)C[C@H](CNC(=O)[C@@H]1C[C@H]1c1ccccc1)N(C)C2. The summed E-state index contributed by atoms with van der Waals surface area (Å²) in [6.45, 7) is 3.85. The molecule has 25 heavy (non-hydrogen) atoms. The first-order valence-corrected chi connectivity index (χ1v) is 9.23. The van der Waals surface area contributed by atoms with Crippen LogP contribution in [0.3, 0.4) is 0 Å². The molecule has 1 N–H and O–H groups in total. The molecule has 0 unspecified atom stereocenters. The minimum Gasteiger partial charge on any atom is -0.354 e. The van der Waals surface area contributed by atoms with Crippen LogP contribution in [-0.2, 0) is 17.8 Å². The zero-order chi connectivity index (χ0) is 17.4. The number of aryl methyl sites for hydroxylation is 1. The van der Waals surface area contributed by atoms with Gasteiger partial charge in [-0.3, -0.25) is 9.69 Å². The second kappa shape index (κ2) is 6.64. The summed E-state index contributed by atoms with van der Waals surface area (Å²) in [7, 11) is 2.16. The van der Waals surface area contributed by atoms with E-state index in [1.807, 2.05) is 6.07 Å². The molecule has 2 aliphatic rings. The van der Waals surface area contributed by atoms with E-state index in [4.69, 9.17) is 0 Å². The third kappa shape index (κ3) is 3.47. The molecule has 1 aliphatic carbocycles. The third-order valence-corrected chi connectivity index (χ3v) is 5.73. The van der Waals surface area contributed by atoms with Crippen LogP contribution in [0, 0.1) is 12.8 Å². The number of nitrogens with zero attached hydrogens (tertiary/aromatic N) is 1. The van der Waals surface area contributed by atoms with Crippen molar-refractivity contribution in [3.05, 3.63) is 70.8 Å². The Kier molecular flexibility index (Phi) is 4.34. The summed E-state index contributed by atoms with van der Waals surface area (Å²) < 4.78 is 0. The maximum Gasteiger partial charge on any atom is 0.223 e. The van der Waals surface area contributed by atoms with Gasteiger partial charge in [-0.2, -0.15) is 0 Å². The molecule has 1 heterocycles. The second-order valence-electron chi connectivity index (χ2n) is 7.65. The molecule has 1 saturated carbocycles. The Balaban J connectivity index is 1.33. The van der Waals surface area contributed by atoms with Crippen LogP contribution in [0.1, 0.15) is 34.6 Å². The Morgan fingerprint density at radius 1 is 1.16 bits per heavy atom. The Hall–Kier alpha value is -2.13. The second-order valence-corrected chi connectivity index (χ2v) is 7.65. The minimum absolute atomic E-state index is 0.158. The highest BCUT2D eigenvalue weighted by atomic mass is 16.2. The van der Waals surface area contributed by atoms with Crippen molar-refractivity contribution in [2.45, 2.75) is 38.3 Å². The van der Waals surface area contributed by atoms with Crippen molar-refractivity contribution in [1.29, 1.82) is 0 Å². The fourth-order valence-corrected chi connectivity index (χ4v) is 4.04. The van der Waals surface area contributed by atoms with Crippen LogP contribution >= 0.6 is 0 Å². The topological polar surface area (TPSA) is 32.3 Å². The summed E-state index contributed by atoms with van der Waals surface area (Å²) in [6.07, 6.45) is 2.00. The molecule has 3 heteroatoms. The zero-order valence-corrected chi connectivity index (χ0v) is 15.0. The Morgan fingerprint density at radius 2 is 1.96 bits per heavy atom. The highest BCUT2D eigenvalue weighted by Crippen LogP contribution is 2.47. The maximum atomic E-state index is 12.5. The van der Waals surface area contributed by atoms with Gasteiger partial charge in [-0.15, -0.1) is 0 Å². The van der Waals surface area contributed by atoms with Crippen LogP contribution in [0.4, 0.5) is 0 Å². The van der Waals surface area contributed by atoms with E-state index in [0.29, 0.717) is 12.0 Å². The van der Waals surface area contributed by atoms with Gasteiger partial charge in [-0.1, -0.05) is 54.1 Å². The first-order chi connectivity index (χ1) is 12.1. The van der Waals surface area contributed by atoms with Crippen molar-refractivity contribution < 1.29 is 4.79 Å². The molecule has 4 rings (SSSR count). The first-order valence-electron chi connectivity index (χ1n) is 9.23. The van der Waals surface area contributed by atoms with Crippen molar-refractivity contribution in [2.75, 3.05) is 13.6 Å². The van der Waals surface area contributed by atoms with E-state index in [2.05, 4.69) is 66.7 Å². The lowest BCUT2D eigenvalue weighted by Crippen LogP contribution is -2.45. The van der Waals surface area contributed by atoms with Crippen LogP contribution in [-0.4, -0.2) is 30.4 Å². The van der Waals surface area contributed by atoms with Crippen LogP contribution in [0.5, 0.6) is 0 Å². The largest absolute Gasteiger partial charge is 0.354 e. The summed E-state index contributed by atoms with van der Waals surface area (Å²) in [5.41, 5.74) is 5.46. The van der Waals surface area contributed by atoms with Crippen LogP contribution < -0.4 is 5.32 Å². The highest BCUT2D eigenvalue weighted by molar-refractivity contribution is 5.82. The van der Waals surface area contributed by atoms with Gasteiger partial charge in [0.15, 0.2) is 0 Å². The number of hydrogen-bond donors (Lipinski definition) is 1. The number of fused-ring (bicyclic) bond motifs is 1. The van der Waals surface area contributed by atoms with Crippen molar-refractivity contribution in [3.8, 4) is 0 Å². The van der Waals surface area contributed by atoms with E-state index in [1.165, 1.54) is 22.3 Å². The lowest BCUT2D eigenvalue weighted by atomic mass is 9.93. The van der Waals surface area contributed by atoms with Gasteiger partial charge in [0, 0.05) is 25.0 Å². The van der Waals surface area contributed by atoms with Gasteiger partial charge < -0.3 is 5.32 Å². The molecular weight excluding hydrogens is 308 g/mol. The summed E-state index contributed by atoms with van der Waals surface area (Å²) in [6, 6.07) is 17.5. The van der Waals surface area contributed by atoms with Gasteiger partial charge in [-0.25, -0.2) is 0 Å². The van der Waals surface area contributed by atoms with Crippen molar-refractivity contribution in [3.63, 3.8) is 0 Å². The number of rotatable bonds is 4. The van der Waals surface area contributed by atoms with E-state index in [1.54, 1.807) is 0 Å². The molecule has 2 aromatic rings. The van der Waals surface area contributed by atoms with E-state index >= 15 is 0 Å². The molecule has 0 saturated heterocycles. The molecule has 0 aromatic heterocycles. The molecule has 2 aromatic carbocycles. The fourth-order valence-electron chi connectivity index (χ4n) is 4.04. The number of amides is 1.